The summed E-state index contributed by atoms with van der Waals surface area (Å²) < 4.78 is 10.9. The smallest absolute Gasteiger partial charge is 0.135 e. The lowest BCUT2D eigenvalue weighted by molar-refractivity contribution is -0.123. The molecule has 2 aliphatic rings. The summed E-state index contributed by atoms with van der Waals surface area (Å²) in [5.74, 6) is 0.955. The highest BCUT2D eigenvalue weighted by Crippen LogP contribution is 2.25. The van der Waals surface area contributed by atoms with E-state index in [1.165, 1.54) is 32.1 Å². The van der Waals surface area contributed by atoms with Gasteiger partial charge in [0.2, 0.25) is 0 Å². The largest absolute Gasteiger partial charge is 0.378 e. The van der Waals surface area contributed by atoms with E-state index in [1.54, 1.807) is 0 Å². The van der Waals surface area contributed by atoms with E-state index in [4.69, 9.17) is 9.47 Å². The summed E-state index contributed by atoms with van der Waals surface area (Å²) in [7, 11) is 0. The molecule has 5 nitrogen and oxygen atoms in total. The standard InChI is InChI=1S/C11H24N2O2.C10H18O/c1-11(2)15-10-9-14-8-7-13-5-3-12-4-6-13;1-2-6-10(11)9-7-4-3-5-8-9/h11-12H,3-10H2,1-2H3;9H,2-8H2,1H3. The molecule has 1 saturated carbocycles. The molecular weight excluding hydrogens is 328 g/mol. The van der Waals surface area contributed by atoms with Crippen LogP contribution in [0.1, 0.15) is 65.7 Å². The van der Waals surface area contributed by atoms with Crippen molar-refractivity contribution in [3.63, 3.8) is 0 Å². The van der Waals surface area contributed by atoms with Crippen molar-refractivity contribution in [2.24, 2.45) is 5.92 Å². The molecule has 1 N–H and O–H groups in total. The van der Waals surface area contributed by atoms with Gasteiger partial charge in [0.15, 0.2) is 0 Å². The van der Waals surface area contributed by atoms with Gasteiger partial charge in [-0.05, 0) is 33.1 Å². The minimum Gasteiger partial charge on any atom is -0.378 e. The number of hydrogen-bond acceptors (Lipinski definition) is 5. The Balaban J connectivity index is 0.000000273. The summed E-state index contributed by atoms with van der Waals surface area (Å²) in [5.41, 5.74) is 0. The first-order chi connectivity index (χ1) is 12.6. The van der Waals surface area contributed by atoms with Gasteiger partial charge in [0.25, 0.3) is 0 Å². The van der Waals surface area contributed by atoms with Crippen LogP contribution in [-0.2, 0) is 14.3 Å². The molecule has 0 atom stereocenters. The highest BCUT2D eigenvalue weighted by Gasteiger charge is 2.19. The fraction of sp³-hybridized carbons (Fsp3) is 0.952. The maximum absolute atomic E-state index is 11.4. The van der Waals surface area contributed by atoms with Crippen LogP contribution in [0.2, 0.25) is 0 Å². The first-order valence-electron chi connectivity index (χ1n) is 10.8. The van der Waals surface area contributed by atoms with Gasteiger partial charge >= 0.3 is 0 Å². The van der Waals surface area contributed by atoms with Gasteiger partial charge < -0.3 is 14.8 Å². The number of nitrogens with one attached hydrogen (secondary N) is 1. The Bertz CT molecular complexity index is 338. The van der Waals surface area contributed by atoms with Gasteiger partial charge in [-0.2, -0.15) is 0 Å². The monoisotopic (exact) mass is 370 g/mol. The van der Waals surface area contributed by atoms with Crippen molar-refractivity contribution in [2.75, 3.05) is 52.5 Å². The first-order valence-corrected chi connectivity index (χ1v) is 10.8. The summed E-state index contributed by atoms with van der Waals surface area (Å²) >= 11 is 0. The van der Waals surface area contributed by atoms with E-state index in [2.05, 4.69) is 17.1 Å². The van der Waals surface area contributed by atoms with Gasteiger partial charge in [0, 0.05) is 45.1 Å². The fourth-order valence-electron chi connectivity index (χ4n) is 3.45. The zero-order valence-corrected chi connectivity index (χ0v) is 17.4. The van der Waals surface area contributed by atoms with E-state index >= 15 is 0 Å². The van der Waals surface area contributed by atoms with Crippen LogP contribution in [0.25, 0.3) is 0 Å². The summed E-state index contributed by atoms with van der Waals surface area (Å²) in [6.07, 6.45) is 8.37. The van der Waals surface area contributed by atoms with Crippen molar-refractivity contribution in [3.8, 4) is 0 Å². The fourth-order valence-corrected chi connectivity index (χ4v) is 3.45. The van der Waals surface area contributed by atoms with Gasteiger partial charge in [0.05, 0.1) is 25.9 Å². The summed E-state index contributed by atoms with van der Waals surface area (Å²) in [4.78, 5) is 13.8. The van der Waals surface area contributed by atoms with Crippen LogP contribution in [0.5, 0.6) is 0 Å². The topological polar surface area (TPSA) is 50.8 Å². The molecule has 0 spiro atoms. The lowest BCUT2D eigenvalue weighted by Crippen LogP contribution is -2.44. The van der Waals surface area contributed by atoms with Gasteiger partial charge in [-0.1, -0.05) is 26.2 Å². The third-order valence-corrected chi connectivity index (χ3v) is 5.00. The van der Waals surface area contributed by atoms with Crippen LogP contribution < -0.4 is 5.32 Å². The number of ketones is 1. The van der Waals surface area contributed by atoms with Gasteiger partial charge in [-0.25, -0.2) is 0 Å². The second kappa shape index (κ2) is 15.6. The summed E-state index contributed by atoms with van der Waals surface area (Å²) in [5, 5.41) is 3.34. The molecule has 26 heavy (non-hydrogen) atoms. The zero-order valence-electron chi connectivity index (χ0n) is 17.4. The number of hydrogen-bond donors (Lipinski definition) is 1. The Labute approximate surface area is 161 Å². The molecule has 1 saturated heterocycles. The lowest BCUT2D eigenvalue weighted by atomic mass is 9.85. The van der Waals surface area contributed by atoms with E-state index in [9.17, 15) is 4.79 Å². The van der Waals surface area contributed by atoms with Crippen molar-refractivity contribution in [3.05, 3.63) is 0 Å². The van der Waals surface area contributed by atoms with E-state index in [-0.39, 0.29) is 0 Å². The Kier molecular flexibility index (Phi) is 14.1. The SMILES string of the molecule is CC(C)OCCOCCN1CCNCC1.CCCC(=O)C1CCCCC1. The Hall–Kier alpha value is -0.490. The van der Waals surface area contributed by atoms with E-state index in [0.29, 0.717) is 31.0 Å². The predicted octanol–water partition coefficient (Wildman–Crippen LogP) is 3.27. The van der Waals surface area contributed by atoms with E-state index in [0.717, 1.165) is 52.2 Å². The second-order valence-electron chi connectivity index (χ2n) is 7.67. The van der Waals surface area contributed by atoms with Gasteiger partial charge in [0.1, 0.15) is 5.78 Å². The van der Waals surface area contributed by atoms with Crippen LogP contribution in [-0.4, -0.2) is 69.3 Å². The third kappa shape index (κ3) is 12.0. The molecule has 5 heteroatoms. The average molecular weight is 371 g/mol. The van der Waals surface area contributed by atoms with E-state index < -0.39 is 0 Å². The molecule has 1 aliphatic heterocycles. The molecule has 2 rings (SSSR count). The molecule has 154 valence electrons. The van der Waals surface area contributed by atoms with Crippen LogP contribution in [0, 0.1) is 5.92 Å². The lowest BCUT2D eigenvalue weighted by Gasteiger charge is -2.26. The molecule has 0 bridgehead atoms. The third-order valence-electron chi connectivity index (χ3n) is 5.00. The molecule has 2 fully saturated rings. The molecular formula is C21H42N2O3. The summed E-state index contributed by atoms with van der Waals surface area (Å²) in [6, 6.07) is 0. The highest BCUT2D eigenvalue weighted by atomic mass is 16.5. The maximum atomic E-state index is 11.4. The first kappa shape index (κ1) is 23.5. The number of carbonyl (C=O) groups excluding carboxylic acids is 1. The van der Waals surface area contributed by atoms with Crippen molar-refractivity contribution < 1.29 is 14.3 Å². The van der Waals surface area contributed by atoms with Crippen LogP contribution in [0.3, 0.4) is 0 Å². The molecule has 0 aromatic carbocycles. The van der Waals surface area contributed by atoms with Crippen molar-refractivity contribution in [2.45, 2.75) is 71.8 Å². The zero-order chi connectivity index (χ0) is 19.0. The van der Waals surface area contributed by atoms with Crippen LogP contribution >= 0.6 is 0 Å². The quantitative estimate of drug-likeness (QED) is 0.598. The Morgan fingerprint density at radius 2 is 1.77 bits per heavy atom. The molecule has 0 amide bonds. The number of nitrogens with zero attached hydrogens (tertiary/aromatic N) is 1. The molecule has 0 aromatic rings. The summed E-state index contributed by atoms with van der Waals surface area (Å²) in [6.45, 7) is 14.0. The minimum absolute atomic E-state index is 0.307. The van der Waals surface area contributed by atoms with E-state index in [1.807, 2.05) is 13.8 Å². The van der Waals surface area contributed by atoms with Crippen LogP contribution in [0.4, 0.5) is 0 Å². The van der Waals surface area contributed by atoms with Crippen molar-refractivity contribution in [1.82, 2.24) is 10.2 Å². The number of carbonyl (C=O) groups is 1. The van der Waals surface area contributed by atoms with Crippen LogP contribution in [0.15, 0.2) is 0 Å². The van der Waals surface area contributed by atoms with Crippen molar-refractivity contribution in [1.29, 1.82) is 0 Å². The van der Waals surface area contributed by atoms with Crippen molar-refractivity contribution >= 4 is 5.78 Å². The van der Waals surface area contributed by atoms with Gasteiger partial charge in [-0.3, -0.25) is 9.69 Å². The maximum Gasteiger partial charge on any atom is 0.135 e. The number of ether oxygens (including phenoxy) is 2. The average Bonchev–Trinajstić information content (AvgIpc) is 2.66. The molecule has 1 aliphatic carbocycles. The number of Topliss-reactive ketones (excluding diaryl/α,β-unsaturated/α-hetero) is 1. The minimum atomic E-state index is 0.307. The molecule has 0 radical (unpaired) electrons. The number of rotatable bonds is 10. The molecule has 1 heterocycles. The number of piperazine rings is 1. The predicted molar refractivity (Wildman–Crippen MR) is 108 cm³/mol. The molecule has 0 aromatic heterocycles. The van der Waals surface area contributed by atoms with Gasteiger partial charge in [-0.15, -0.1) is 0 Å². The molecule has 0 unspecified atom stereocenters. The highest BCUT2D eigenvalue weighted by molar-refractivity contribution is 5.80. The normalized spacial score (nSPS) is 19.2. The Morgan fingerprint density at radius 3 is 2.38 bits per heavy atom. The second-order valence-corrected chi connectivity index (χ2v) is 7.67. The Morgan fingerprint density at radius 1 is 1.08 bits per heavy atom.